The molecule has 0 saturated heterocycles. The predicted octanol–water partition coefficient (Wildman–Crippen LogP) is 5.22. The van der Waals surface area contributed by atoms with Crippen molar-refractivity contribution in [2.45, 2.75) is 33.2 Å². The Morgan fingerprint density at radius 1 is 1.26 bits per heavy atom. The van der Waals surface area contributed by atoms with Gasteiger partial charge in [0.15, 0.2) is 0 Å². The molecule has 1 aromatic carbocycles. The molecule has 3 heteroatoms. The topological polar surface area (TPSA) is 12.0 Å². The molecule has 1 heterocycles. The zero-order valence-electron chi connectivity index (χ0n) is 11.7. The van der Waals surface area contributed by atoms with E-state index in [1.165, 1.54) is 26.0 Å². The molecular weight excluding hydrogens is 318 g/mol. The van der Waals surface area contributed by atoms with Crippen LogP contribution >= 0.6 is 27.3 Å². The van der Waals surface area contributed by atoms with Crippen LogP contribution in [-0.4, -0.2) is 6.54 Å². The molecule has 0 saturated carbocycles. The van der Waals surface area contributed by atoms with Gasteiger partial charge in [-0.25, -0.2) is 0 Å². The number of hydrogen-bond donors (Lipinski definition) is 1. The lowest BCUT2D eigenvalue weighted by atomic mass is 9.98. The highest BCUT2D eigenvalue weighted by Crippen LogP contribution is 2.33. The van der Waals surface area contributed by atoms with Crippen LogP contribution in [0.25, 0.3) is 0 Å². The van der Waals surface area contributed by atoms with Crippen molar-refractivity contribution < 1.29 is 0 Å². The third-order valence-corrected chi connectivity index (χ3v) is 5.33. The Morgan fingerprint density at radius 3 is 2.68 bits per heavy atom. The van der Waals surface area contributed by atoms with E-state index in [-0.39, 0.29) is 0 Å². The van der Waals surface area contributed by atoms with Gasteiger partial charge in [0.05, 0.1) is 6.04 Å². The molecule has 0 spiro atoms. The number of benzene rings is 1. The molecule has 0 amide bonds. The predicted molar refractivity (Wildman–Crippen MR) is 88.1 cm³/mol. The highest BCUT2D eigenvalue weighted by molar-refractivity contribution is 9.10. The van der Waals surface area contributed by atoms with Crippen LogP contribution in [0.2, 0.25) is 0 Å². The lowest BCUT2D eigenvalue weighted by Crippen LogP contribution is -2.23. The van der Waals surface area contributed by atoms with Gasteiger partial charge in [0, 0.05) is 9.35 Å². The fraction of sp³-hybridized carbons (Fsp3) is 0.375. The minimum absolute atomic E-state index is 0.303. The van der Waals surface area contributed by atoms with Gasteiger partial charge in [0.25, 0.3) is 0 Å². The number of thiophene rings is 1. The van der Waals surface area contributed by atoms with Gasteiger partial charge in [-0.1, -0.05) is 35.0 Å². The van der Waals surface area contributed by atoms with Gasteiger partial charge >= 0.3 is 0 Å². The molecule has 19 heavy (non-hydrogen) atoms. The van der Waals surface area contributed by atoms with Crippen LogP contribution in [0.1, 0.15) is 41.0 Å². The van der Waals surface area contributed by atoms with Crippen molar-refractivity contribution >= 4 is 27.3 Å². The van der Waals surface area contributed by atoms with Crippen molar-refractivity contribution in [3.8, 4) is 0 Å². The first kappa shape index (κ1) is 14.8. The molecule has 1 unspecified atom stereocenters. The average Bonchev–Trinajstić information content (AvgIpc) is 2.81. The van der Waals surface area contributed by atoms with Crippen molar-refractivity contribution in [2.24, 2.45) is 0 Å². The summed E-state index contributed by atoms with van der Waals surface area (Å²) in [5.74, 6) is 0. The first-order chi connectivity index (χ1) is 9.15. The van der Waals surface area contributed by atoms with Gasteiger partial charge < -0.3 is 5.32 Å². The van der Waals surface area contributed by atoms with E-state index in [4.69, 9.17) is 0 Å². The van der Waals surface area contributed by atoms with Crippen molar-refractivity contribution in [3.05, 3.63) is 55.7 Å². The molecule has 2 aromatic rings. The van der Waals surface area contributed by atoms with E-state index < -0.39 is 0 Å². The number of halogens is 1. The molecule has 1 nitrogen and oxygen atoms in total. The molecule has 0 aliphatic rings. The van der Waals surface area contributed by atoms with Gasteiger partial charge in [0.2, 0.25) is 0 Å². The Bertz CT molecular complexity index is 547. The third kappa shape index (κ3) is 3.28. The van der Waals surface area contributed by atoms with Crippen molar-refractivity contribution in [1.82, 2.24) is 5.32 Å². The Labute approximate surface area is 128 Å². The summed E-state index contributed by atoms with van der Waals surface area (Å²) < 4.78 is 1.18. The van der Waals surface area contributed by atoms with Crippen LogP contribution < -0.4 is 5.32 Å². The normalized spacial score (nSPS) is 12.6. The molecule has 0 fully saturated rings. The molecule has 0 aliphatic carbocycles. The lowest BCUT2D eigenvalue weighted by molar-refractivity contribution is 0.601. The second-order valence-corrected chi connectivity index (χ2v) is 6.61. The van der Waals surface area contributed by atoms with E-state index in [9.17, 15) is 0 Å². The third-order valence-electron chi connectivity index (χ3n) is 3.38. The van der Waals surface area contributed by atoms with Crippen molar-refractivity contribution in [3.63, 3.8) is 0 Å². The van der Waals surface area contributed by atoms with Gasteiger partial charge in [-0.05, 0) is 61.0 Å². The van der Waals surface area contributed by atoms with Crippen molar-refractivity contribution in [1.29, 1.82) is 0 Å². The Balaban J connectivity index is 2.43. The van der Waals surface area contributed by atoms with Gasteiger partial charge in [-0.15, -0.1) is 11.3 Å². The molecule has 2 rings (SSSR count). The van der Waals surface area contributed by atoms with Crippen LogP contribution in [0.3, 0.4) is 0 Å². The number of aryl methyl sites for hydroxylation is 1. The van der Waals surface area contributed by atoms with Crippen LogP contribution in [0.4, 0.5) is 0 Å². The summed E-state index contributed by atoms with van der Waals surface area (Å²) in [5, 5.41) is 5.87. The monoisotopic (exact) mass is 337 g/mol. The first-order valence-corrected chi connectivity index (χ1v) is 8.34. The van der Waals surface area contributed by atoms with E-state index in [2.05, 4.69) is 71.7 Å². The van der Waals surface area contributed by atoms with Gasteiger partial charge in [0.1, 0.15) is 0 Å². The Morgan fingerprint density at radius 2 is 2.05 bits per heavy atom. The van der Waals surface area contributed by atoms with Gasteiger partial charge in [-0.2, -0.15) is 0 Å². The highest BCUT2D eigenvalue weighted by atomic mass is 79.9. The molecule has 0 aliphatic heterocycles. The van der Waals surface area contributed by atoms with Crippen molar-refractivity contribution in [2.75, 3.05) is 6.54 Å². The summed E-state index contributed by atoms with van der Waals surface area (Å²) in [6.07, 6.45) is 1.15. The first-order valence-electron chi connectivity index (χ1n) is 6.67. The molecule has 0 bridgehead atoms. The van der Waals surface area contributed by atoms with Crippen LogP contribution in [0.15, 0.2) is 34.1 Å². The summed E-state index contributed by atoms with van der Waals surface area (Å²) >= 11 is 5.48. The van der Waals surface area contributed by atoms with E-state index in [0.29, 0.717) is 6.04 Å². The SMILES string of the molecule is CCCNC(c1cccc(Br)c1C)c1sccc1C. The summed E-state index contributed by atoms with van der Waals surface area (Å²) in [7, 11) is 0. The zero-order valence-corrected chi connectivity index (χ0v) is 14.1. The van der Waals surface area contributed by atoms with E-state index >= 15 is 0 Å². The van der Waals surface area contributed by atoms with E-state index in [1.54, 1.807) is 0 Å². The molecule has 1 N–H and O–H groups in total. The second kappa shape index (κ2) is 6.69. The molecule has 1 atom stereocenters. The van der Waals surface area contributed by atoms with Crippen LogP contribution in [0.5, 0.6) is 0 Å². The lowest BCUT2D eigenvalue weighted by Gasteiger charge is -2.21. The number of rotatable bonds is 5. The summed E-state index contributed by atoms with van der Waals surface area (Å²) in [4.78, 5) is 1.43. The summed E-state index contributed by atoms with van der Waals surface area (Å²) in [6, 6.07) is 8.96. The Kier molecular flexibility index (Phi) is 5.20. The van der Waals surface area contributed by atoms with Crippen LogP contribution in [-0.2, 0) is 0 Å². The maximum absolute atomic E-state index is 3.69. The quantitative estimate of drug-likeness (QED) is 0.788. The standard InChI is InChI=1S/C16H20BrNS/c1-4-9-18-15(16-11(2)8-10-19-16)13-6-5-7-14(17)12(13)3/h5-8,10,15,18H,4,9H2,1-3H3. The van der Waals surface area contributed by atoms with Crippen LogP contribution in [0, 0.1) is 13.8 Å². The second-order valence-electron chi connectivity index (χ2n) is 4.81. The maximum Gasteiger partial charge on any atom is 0.0676 e. The van der Waals surface area contributed by atoms with E-state index in [1.807, 2.05) is 11.3 Å². The fourth-order valence-corrected chi connectivity index (χ4v) is 3.65. The highest BCUT2D eigenvalue weighted by Gasteiger charge is 2.19. The molecule has 0 radical (unpaired) electrons. The molecule has 102 valence electrons. The minimum atomic E-state index is 0.303. The largest absolute Gasteiger partial charge is 0.306 e. The minimum Gasteiger partial charge on any atom is -0.306 e. The number of nitrogens with one attached hydrogen (secondary N) is 1. The number of hydrogen-bond acceptors (Lipinski definition) is 2. The van der Waals surface area contributed by atoms with E-state index in [0.717, 1.165) is 13.0 Å². The maximum atomic E-state index is 3.69. The smallest absolute Gasteiger partial charge is 0.0676 e. The molecular formula is C16H20BrNS. The molecule has 1 aromatic heterocycles. The average molecular weight is 338 g/mol. The summed E-state index contributed by atoms with van der Waals surface area (Å²) in [5.41, 5.74) is 4.07. The fourth-order valence-electron chi connectivity index (χ4n) is 2.25. The summed E-state index contributed by atoms with van der Waals surface area (Å²) in [6.45, 7) is 7.62. The Hall–Kier alpha value is -0.640. The zero-order chi connectivity index (χ0) is 13.8. The van der Waals surface area contributed by atoms with Gasteiger partial charge in [-0.3, -0.25) is 0 Å².